The van der Waals surface area contributed by atoms with Crippen LogP contribution in [0.25, 0.3) is 0 Å². The van der Waals surface area contributed by atoms with Gasteiger partial charge in [0.15, 0.2) is 5.82 Å². The Morgan fingerprint density at radius 3 is 2.75 bits per heavy atom. The summed E-state index contributed by atoms with van der Waals surface area (Å²) in [5.41, 5.74) is 3.62. The molecule has 0 aromatic carbocycles. The van der Waals surface area contributed by atoms with E-state index in [2.05, 4.69) is 12.2 Å². The highest BCUT2D eigenvalue weighted by molar-refractivity contribution is 5.30. The van der Waals surface area contributed by atoms with E-state index in [1.54, 1.807) is 7.11 Å². The lowest BCUT2D eigenvalue weighted by Gasteiger charge is -2.39. The molecule has 1 fully saturated rings. The van der Waals surface area contributed by atoms with E-state index >= 15 is 0 Å². The summed E-state index contributed by atoms with van der Waals surface area (Å²) in [5, 5.41) is 3.29. The third kappa shape index (κ3) is 2.25. The van der Waals surface area contributed by atoms with Gasteiger partial charge in [0.2, 0.25) is 0 Å². The number of methoxy groups -OCH3 is 1. The number of aromatic nitrogens is 2. The first kappa shape index (κ1) is 14.0. The Labute approximate surface area is 121 Å². The molecule has 1 saturated carbocycles. The first-order chi connectivity index (χ1) is 9.68. The Hall–Kier alpha value is -1.00. The lowest BCUT2D eigenvalue weighted by atomic mass is 9.78. The zero-order chi connectivity index (χ0) is 14.2. The second-order valence-corrected chi connectivity index (χ2v) is 6.28. The van der Waals surface area contributed by atoms with Gasteiger partial charge < -0.3 is 10.1 Å². The zero-order valence-electron chi connectivity index (χ0n) is 12.8. The minimum Gasteiger partial charge on any atom is -0.370 e. The number of hydrogen-bond donors (Lipinski definition) is 1. The average Bonchev–Trinajstić information content (AvgIpc) is 2.39. The normalized spacial score (nSPS) is 24.1. The summed E-state index contributed by atoms with van der Waals surface area (Å²) in [7, 11) is 3.82. The fraction of sp³-hybridized carbons (Fsp3) is 0.750. The molecule has 3 rings (SSSR count). The number of nitrogens with zero attached hydrogens (tertiary/aromatic N) is 2. The van der Waals surface area contributed by atoms with Gasteiger partial charge in [-0.05, 0) is 70.5 Å². The van der Waals surface area contributed by atoms with Crippen LogP contribution in [-0.4, -0.2) is 30.7 Å². The van der Waals surface area contributed by atoms with Crippen molar-refractivity contribution >= 4 is 0 Å². The topological polar surface area (TPSA) is 47.0 Å². The number of hydrogen-bond acceptors (Lipinski definition) is 4. The Morgan fingerprint density at radius 2 is 2.15 bits per heavy atom. The van der Waals surface area contributed by atoms with E-state index in [0.29, 0.717) is 0 Å². The molecule has 0 bridgehead atoms. The van der Waals surface area contributed by atoms with Crippen LogP contribution in [0.5, 0.6) is 0 Å². The maximum atomic E-state index is 5.73. The van der Waals surface area contributed by atoms with Crippen LogP contribution >= 0.6 is 0 Å². The molecule has 20 heavy (non-hydrogen) atoms. The van der Waals surface area contributed by atoms with Crippen LogP contribution < -0.4 is 5.32 Å². The van der Waals surface area contributed by atoms with Crippen LogP contribution in [0.4, 0.5) is 0 Å². The van der Waals surface area contributed by atoms with Gasteiger partial charge in [-0.1, -0.05) is 0 Å². The number of aryl methyl sites for hydroxylation is 2. The standard InChI is InChI=1S/C16H25N3O/c1-11-13-9-12(10-17-2)5-6-14(13)19-15(18-11)16(20-3)7-4-8-16/h12,17H,4-10H2,1-3H3. The summed E-state index contributed by atoms with van der Waals surface area (Å²) in [5.74, 6) is 1.65. The van der Waals surface area contributed by atoms with Gasteiger partial charge in [0, 0.05) is 18.5 Å². The van der Waals surface area contributed by atoms with Crippen LogP contribution in [-0.2, 0) is 23.2 Å². The van der Waals surface area contributed by atoms with Crippen LogP contribution in [0.3, 0.4) is 0 Å². The molecule has 1 aromatic rings. The predicted octanol–water partition coefficient (Wildman–Crippen LogP) is 2.13. The van der Waals surface area contributed by atoms with Gasteiger partial charge in [0.05, 0.1) is 0 Å². The molecule has 4 heteroatoms. The third-order valence-corrected chi connectivity index (χ3v) is 5.03. The Balaban J connectivity index is 1.90. The molecule has 1 aromatic heterocycles. The van der Waals surface area contributed by atoms with E-state index in [9.17, 15) is 0 Å². The first-order valence-electron chi connectivity index (χ1n) is 7.75. The molecule has 1 atom stereocenters. The van der Waals surface area contributed by atoms with Crippen molar-refractivity contribution in [1.29, 1.82) is 0 Å². The highest BCUT2D eigenvalue weighted by Gasteiger charge is 2.42. The van der Waals surface area contributed by atoms with Crippen molar-refractivity contribution in [3.8, 4) is 0 Å². The Morgan fingerprint density at radius 1 is 1.35 bits per heavy atom. The molecule has 1 N–H and O–H groups in total. The molecular formula is C16H25N3O. The van der Waals surface area contributed by atoms with Gasteiger partial charge in [0.1, 0.15) is 5.60 Å². The molecule has 4 nitrogen and oxygen atoms in total. The average molecular weight is 275 g/mol. The summed E-state index contributed by atoms with van der Waals surface area (Å²) in [4.78, 5) is 9.67. The van der Waals surface area contributed by atoms with Crippen molar-refractivity contribution in [3.63, 3.8) is 0 Å². The van der Waals surface area contributed by atoms with Crippen molar-refractivity contribution in [3.05, 3.63) is 22.8 Å². The smallest absolute Gasteiger partial charge is 0.160 e. The molecule has 1 heterocycles. The van der Waals surface area contributed by atoms with Crippen molar-refractivity contribution < 1.29 is 4.74 Å². The summed E-state index contributed by atoms with van der Waals surface area (Å²) in [6, 6.07) is 0. The molecule has 0 radical (unpaired) electrons. The van der Waals surface area contributed by atoms with Crippen molar-refractivity contribution in [1.82, 2.24) is 15.3 Å². The summed E-state index contributed by atoms with van der Waals surface area (Å²) in [6.07, 6.45) is 6.76. The molecule has 2 aliphatic rings. The first-order valence-corrected chi connectivity index (χ1v) is 7.75. The quantitative estimate of drug-likeness (QED) is 0.914. The Kier molecular flexibility index (Phi) is 3.78. The molecule has 1 unspecified atom stereocenters. The van der Waals surface area contributed by atoms with Gasteiger partial charge in [0.25, 0.3) is 0 Å². The highest BCUT2D eigenvalue weighted by atomic mass is 16.5. The monoisotopic (exact) mass is 275 g/mol. The number of fused-ring (bicyclic) bond motifs is 1. The van der Waals surface area contributed by atoms with E-state index in [0.717, 1.165) is 49.7 Å². The number of rotatable bonds is 4. The fourth-order valence-electron chi connectivity index (χ4n) is 3.54. The van der Waals surface area contributed by atoms with E-state index in [1.807, 2.05) is 7.05 Å². The van der Waals surface area contributed by atoms with Crippen LogP contribution in [0.15, 0.2) is 0 Å². The minimum atomic E-state index is -0.193. The Bertz CT molecular complexity index is 491. The van der Waals surface area contributed by atoms with E-state index in [4.69, 9.17) is 14.7 Å². The number of ether oxygens (including phenoxy) is 1. The maximum Gasteiger partial charge on any atom is 0.160 e. The lowest BCUT2D eigenvalue weighted by molar-refractivity contribution is -0.0849. The second kappa shape index (κ2) is 5.41. The lowest BCUT2D eigenvalue weighted by Crippen LogP contribution is -2.39. The fourth-order valence-corrected chi connectivity index (χ4v) is 3.54. The minimum absolute atomic E-state index is 0.193. The van der Waals surface area contributed by atoms with Gasteiger partial charge in [-0.2, -0.15) is 0 Å². The van der Waals surface area contributed by atoms with Crippen molar-refractivity contribution in [2.75, 3.05) is 20.7 Å². The molecule has 0 amide bonds. The molecule has 0 spiro atoms. The summed E-state index contributed by atoms with van der Waals surface area (Å²) in [6.45, 7) is 3.22. The second-order valence-electron chi connectivity index (χ2n) is 6.28. The van der Waals surface area contributed by atoms with Gasteiger partial charge in [-0.25, -0.2) is 9.97 Å². The van der Waals surface area contributed by atoms with Crippen molar-refractivity contribution in [2.45, 2.75) is 51.0 Å². The van der Waals surface area contributed by atoms with Gasteiger partial charge in [-0.15, -0.1) is 0 Å². The van der Waals surface area contributed by atoms with Crippen LogP contribution in [0.1, 0.15) is 48.5 Å². The molecule has 0 aliphatic heterocycles. The highest BCUT2D eigenvalue weighted by Crippen LogP contribution is 2.43. The van der Waals surface area contributed by atoms with Crippen molar-refractivity contribution in [2.24, 2.45) is 5.92 Å². The van der Waals surface area contributed by atoms with Gasteiger partial charge >= 0.3 is 0 Å². The zero-order valence-corrected chi connectivity index (χ0v) is 12.8. The van der Waals surface area contributed by atoms with E-state index in [-0.39, 0.29) is 5.60 Å². The number of nitrogens with one attached hydrogen (secondary N) is 1. The molecule has 2 aliphatic carbocycles. The summed E-state index contributed by atoms with van der Waals surface area (Å²) >= 11 is 0. The largest absolute Gasteiger partial charge is 0.370 e. The summed E-state index contributed by atoms with van der Waals surface area (Å²) < 4.78 is 5.73. The van der Waals surface area contributed by atoms with Crippen LogP contribution in [0, 0.1) is 12.8 Å². The van der Waals surface area contributed by atoms with Crippen LogP contribution in [0.2, 0.25) is 0 Å². The predicted molar refractivity (Wildman–Crippen MR) is 78.7 cm³/mol. The molecule has 0 saturated heterocycles. The third-order valence-electron chi connectivity index (χ3n) is 5.03. The molecule has 110 valence electrons. The maximum absolute atomic E-state index is 5.73. The van der Waals surface area contributed by atoms with E-state index in [1.165, 1.54) is 24.1 Å². The molecular weight excluding hydrogens is 250 g/mol. The SMILES string of the molecule is CNCC1CCc2nc(C3(OC)CCC3)nc(C)c2C1. The van der Waals surface area contributed by atoms with E-state index < -0.39 is 0 Å². The van der Waals surface area contributed by atoms with Gasteiger partial charge in [-0.3, -0.25) is 0 Å².